The molecule has 1 aromatic rings. The monoisotopic (exact) mass is 675 g/mol. The van der Waals surface area contributed by atoms with Crippen molar-refractivity contribution in [3.63, 3.8) is 0 Å². The van der Waals surface area contributed by atoms with E-state index in [0.29, 0.717) is 0 Å². The maximum atomic E-state index is 13.7. The third kappa shape index (κ3) is 11.3. The number of nitrogens with two attached hydrogens (primary N) is 1. The van der Waals surface area contributed by atoms with E-state index >= 15 is 0 Å². The molecule has 1 aliphatic heterocycles. The van der Waals surface area contributed by atoms with Crippen LogP contribution in [0.15, 0.2) is 18.2 Å². The number of anilines is 1. The van der Waals surface area contributed by atoms with E-state index in [-0.39, 0.29) is 58.2 Å². The predicted molar refractivity (Wildman–Crippen MR) is 236 cm³/mol. The van der Waals surface area contributed by atoms with Crippen molar-refractivity contribution in [3.05, 3.63) is 23.8 Å². The van der Waals surface area contributed by atoms with Crippen LogP contribution in [0, 0.1) is 0 Å². The molecule has 26 heteroatoms. The summed E-state index contributed by atoms with van der Waals surface area (Å²) in [6.07, 6.45) is -5.34. The summed E-state index contributed by atoms with van der Waals surface area (Å²) in [6.45, 7) is -0.286. The van der Waals surface area contributed by atoms with Gasteiger partial charge in [-0.05, 0) is 18.2 Å². The highest BCUT2D eigenvalue weighted by Crippen LogP contribution is 2.44. The standard InChI is InChI=1S/C24H48B15NO10/c25-19(26,22(31,32)33)4-12(41)47-11-7-46-18(48-10-2-1-8(40)3-9(10)17(44)45)16(50-14(43)6-21(29,30)24(37,38)39)15(11)49-13(42)5-20(27,28)23(34,35)36/h1-3,11,15-16,18H,4-7,25-40H2,(H,44,45)/t11-,15-,16-,18-/m1/s1. The van der Waals surface area contributed by atoms with Gasteiger partial charge in [0.15, 0.2) is 12.2 Å². The third-order valence-electron chi connectivity index (χ3n) is 11.5. The maximum absolute atomic E-state index is 13.7. The second kappa shape index (κ2) is 15.7. The molecule has 1 aromatic carbocycles. The Kier molecular flexibility index (Phi) is 13.8. The van der Waals surface area contributed by atoms with Crippen molar-refractivity contribution in [1.29, 1.82) is 0 Å². The summed E-state index contributed by atoms with van der Waals surface area (Å²) in [5.74, 6) is -3.17. The zero-order valence-corrected chi connectivity index (χ0v) is 33.1. The first kappa shape index (κ1) is 43.8. The van der Waals surface area contributed by atoms with Gasteiger partial charge in [-0.25, -0.2) is 4.79 Å². The Morgan fingerprint density at radius 2 is 1.08 bits per heavy atom. The van der Waals surface area contributed by atoms with E-state index < -0.39 is 64.1 Å². The number of carboxylic acid groups (broad SMARTS) is 1. The molecular formula is C24H48B15NO10. The molecule has 2 rings (SSSR count). The van der Waals surface area contributed by atoms with Crippen LogP contribution in [0.3, 0.4) is 0 Å². The number of carbonyl (C=O) groups is 4. The molecule has 1 aliphatic rings. The highest BCUT2D eigenvalue weighted by molar-refractivity contribution is 6.68. The molecule has 4 atom stereocenters. The second-order valence-electron chi connectivity index (χ2n) is 18.7. The SMILES string of the molecule is BC(B)(B)C(B)(B)CC(=O)O[C@H]1[C@@H](Oc2ccc(N)cc2C(=O)O)OC[C@@H](OC(=O)CC(B)(B)C(B)(B)B)[C@H]1OC(=O)CC(B)(B)C(B)(B)B. The van der Waals surface area contributed by atoms with Crippen molar-refractivity contribution in [2.75, 3.05) is 12.3 Å². The number of rotatable bonds is 15. The van der Waals surface area contributed by atoms with E-state index in [9.17, 15) is 24.3 Å². The summed E-state index contributed by atoms with van der Waals surface area (Å²) in [7, 11) is 29.9. The highest BCUT2D eigenvalue weighted by Gasteiger charge is 2.51. The number of aromatic carboxylic acids is 1. The summed E-state index contributed by atoms with van der Waals surface area (Å²) >= 11 is 0. The maximum Gasteiger partial charge on any atom is 0.339 e. The number of hydrogen-bond acceptors (Lipinski definition) is 10. The van der Waals surface area contributed by atoms with Gasteiger partial charge in [-0.2, -0.15) is 0 Å². The number of ether oxygens (including phenoxy) is 5. The summed E-state index contributed by atoms with van der Waals surface area (Å²) in [4.78, 5) is 53.0. The lowest BCUT2D eigenvalue weighted by Crippen LogP contribution is -2.59. The minimum absolute atomic E-state index is 0.00987. The van der Waals surface area contributed by atoms with Gasteiger partial charge in [0.2, 0.25) is 12.4 Å². The van der Waals surface area contributed by atoms with Crippen LogP contribution in [0.5, 0.6) is 5.75 Å². The fourth-order valence-electron chi connectivity index (χ4n) is 4.63. The summed E-state index contributed by atoms with van der Waals surface area (Å²) in [5.41, 5.74) is 5.81. The number of hydrogen-bond donors (Lipinski definition) is 2. The van der Waals surface area contributed by atoms with Crippen molar-refractivity contribution < 1.29 is 48.0 Å². The van der Waals surface area contributed by atoms with Gasteiger partial charge in [0, 0.05) is 24.9 Å². The van der Waals surface area contributed by atoms with Crippen LogP contribution in [0.4, 0.5) is 5.69 Å². The zero-order valence-electron chi connectivity index (χ0n) is 33.1. The third-order valence-corrected chi connectivity index (χ3v) is 11.5. The van der Waals surface area contributed by atoms with Crippen LogP contribution in [-0.2, 0) is 33.3 Å². The summed E-state index contributed by atoms with van der Waals surface area (Å²) in [5, 5.41) is 7.61. The number of carbonyl (C=O) groups excluding carboxylic acids is 3. The van der Waals surface area contributed by atoms with Crippen molar-refractivity contribution >= 4 is 147 Å². The molecule has 11 nitrogen and oxygen atoms in total. The number of nitrogen functional groups attached to an aromatic ring is 1. The predicted octanol–water partition coefficient (Wildman–Crippen LogP) is -12.3. The Morgan fingerprint density at radius 1 is 0.680 bits per heavy atom. The Hall–Kier alpha value is -2.37. The van der Waals surface area contributed by atoms with Gasteiger partial charge in [-0.1, -0.05) is 15.6 Å². The van der Waals surface area contributed by atoms with Gasteiger partial charge in [0.25, 0.3) is 0 Å². The average molecular weight is 673 g/mol. The van der Waals surface area contributed by atoms with Gasteiger partial charge >= 0.3 is 23.9 Å². The van der Waals surface area contributed by atoms with Gasteiger partial charge in [0.05, 0.1) is 124 Å². The van der Waals surface area contributed by atoms with E-state index in [1.165, 1.54) is 18.2 Å². The van der Waals surface area contributed by atoms with Gasteiger partial charge in [0.1, 0.15) is 11.3 Å². The fourth-order valence-corrected chi connectivity index (χ4v) is 4.63. The zero-order chi connectivity index (χ0) is 38.8. The minimum Gasteiger partial charge on any atom is -0.478 e. The summed E-state index contributed by atoms with van der Waals surface area (Å²) < 4.78 is 30.3. The molecule has 1 fully saturated rings. The lowest BCUT2D eigenvalue weighted by atomic mass is 9.22. The Morgan fingerprint density at radius 3 is 1.48 bits per heavy atom. The van der Waals surface area contributed by atoms with Crippen molar-refractivity contribution in [3.8, 4) is 5.75 Å². The Balaban J connectivity index is 2.64. The molecule has 254 valence electrons. The number of esters is 3. The first-order valence-electron chi connectivity index (χ1n) is 17.4. The van der Waals surface area contributed by atoms with Crippen molar-refractivity contribution in [1.82, 2.24) is 0 Å². The molecule has 1 saturated heterocycles. The first-order valence-corrected chi connectivity index (χ1v) is 17.4. The molecule has 0 unspecified atom stereocenters. The van der Waals surface area contributed by atoms with Crippen LogP contribution in [0.1, 0.15) is 29.6 Å². The van der Waals surface area contributed by atoms with E-state index in [1.807, 2.05) is 118 Å². The van der Waals surface area contributed by atoms with Crippen LogP contribution in [0.2, 0.25) is 31.0 Å². The quantitative estimate of drug-likeness (QED) is 0.0789. The molecule has 1 heterocycles. The highest BCUT2D eigenvalue weighted by atomic mass is 16.7. The van der Waals surface area contributed by atoms with Gasteiger partial charge < -0.3 is 34.5 Å². The Labute approximate surface area is 311 Å². The minimum atomic E-state index is -1.44. The van der Waals surface area contributed by atoms with E-state index in [1.54, 1.807) is 0 Å². The van der Waals surface area contributed by atoms with E-state index in [2.05, 4.69) is 0 Å². The normalized spacial score (nSPS) is 20.6. The molecule has 0 spiro atoms. The van der Waals surface area contributed by atoms with E-state index in [4.69, 9.17) is 29.4 Å². The van der Waals surface area contributed by atoms with Crippen molar-refractivity contribution in [2.45, 2.75) is 74.8 Å². The molecule has 0 radical (unpaired) electrons. The molecule has 0 saturated carbocycles. The lowest BCUT2D eigenvalue weighted by molar-refractivity contribution is -0.261. The van der Waals surface area contributed by atoms with Crippen LogP contribution >= 0.6 is 0 Å². The topological polar surface area (TPSA) is 161 Å². The molecule has 0 aliphatic carbocycles. The number of benzene rings is 1. The molecule has 50 heavy (non-hydrogen) atoms. The fraction of sp³-hybridized carbons (Fsp3) is 0.583. The second-order valence-corrected chi connectivity index (χ2v) is 18.7. The smallest absolute Gasteiger partial charge is 0.339 e. The largest absolute Gasteiger partial charge is 0.478 e. The van der Waals surface area contributed by atoms with E-state index in [0.717, 1.165) is 0 Å². The van der Waals surface area contributed by atoms with Crippen LogP contribution in [0.25, 0.3) is 0 Å². The van der Waals surface area contributed by atoms with Crippen LogP contribution < -0.4 is 10.5 Å². The molecule has 3 N–H and O–H groups in total. The molecule has 0 aromatic heterocycles. The lowest BCUT2D eigenvalue weighted by Gasteiger charge is -2.44. The van der Waals surface area contributed by atoms with Crippen LogP contribution in [-0.4, -0.2) is 178 Å². The Bertz CT molecular complexity index is 1430. The van der Waals surface area contributed by atoms with Gasteiger partial charge in [-0.15, -0.1) is 15.3 Å². The first-order chi connectivity index (χ1) is 22.4. The molecular weight excluding hydrogens is 624 g/mol. The number of carboxylic acids is 1. The average Bonchev–Trinajstić information content (AvgIpc) is 2.89. The van der Waals surface area contributed by atoms with Gasteiger partial charge in [-0.3, -0.25) is 14.4 Å². The summed E-state index contributed by atoms with van der Waals surface area (Å²) in [6, 6.07) is 4.07. The molecule has 0 bridgehead atoms. The molecule has 0 amide bonds. The van der Waals surface area contributed by atoms with Crippen molar-refractivity contribution in [2.24, 2.45) is 0 Å².